The Morgan fingerprint density at radius 3 is 2.37 bits per heavy atom. The Morgan fingerprint density at radius 2 is 1.78 bits per heavy atom. The number of carbonyl (C=O) groups is 3. The monoisotopic (exact) mass is 374 g/mol. The van der Waals surface area contributed by atoms with E-state index in [1.165, 1.54) is 16.7 Å². The van der Waals surface area contributed by atoms with E-state index in [9.17, 15) is 14.4 Å². The molecule has 3 N–H and O–H groups in total. The zero-order chi connectivity index (χ0) is 20.0. The maximum Gasteiger partial charge on any atom is 0.328 e. The molecule has 0 saturated heterocycles. The Morgan fingerprint density at radius 1 is 1.11 bits per heavy atom. The minimum atomic E-state index is -1.26. The zero-order valence-corrected chi connectivity index (χ0v) is 15.7. The lowest BCUT2D eigenvalue weighted by Crippen LogP contribution is -2.33. The van der Waals surface area contributed by atoms with Crippen molar-refractivity contribution in [3.8, 4) is 0 Å². The molecule has 3 rings (SSSR count). The topological polar surface area (TPSA) is 107 Å². The first-order valence-corrected chi connectivity index (χ1v) is 9.08. The third-order valence-corrected chi connectivity index (χ3v) is 4.76. The first-order valence-electron chi connectivity index (χ1n) is 9.08. The molecule has 1 amide bonds. The van der Waals surface area contributed by atoms with Crippen molar-refractivity contribution >= 4 is 23.5 Å². The van der Waals surface area contributed by atoms with E-state index in [1.54, 1.807) is 6.92 Å². The molecule has 1 unspecified atom stereocenters. The number of hydrogen-bond acceptors (Lipinski definition) is 4. The van der Waals surface area contributed by atoms with Crippen molar-refractivity contribution in [1.82, 2.24) is 5.32 Å². The van der Waals surface area contributed by atoms with Crippen LogP contribution in [-0.4, -0.2) is 47.7 Å². The highest BCUT2D eigenvalue weighted by molar-refractivity contribution is 5.93. The largest absolute Gasteiger partial charge is 0.478 e. The van der Waals surface area contributed by atoms with E-state index in [0.717, 1.165) is 44.6 Å². The van der Waals surface area contributed by atoms with Crippen LogP contribution in [-0.2, 0) is 27.2 Å². The molecule has 1 aromatic carbocycles. The molecule has 2 aliphatic rings. The van der Waals surface area contributed by atoms with Gasteiger partial charge in [0, 0.05) is 37.9 Å². The third kappa shape index (κ3) is 5.65. The van der Waals surface area contributed by atoms with Crippen molar-refractivity contribution < 1.29 is 24.6 Å². The number of nitrogens with zero attached hydrogens (tertiary/aromatic N) is 1. The molecular weight excluding hydrogens is 348 g/mol. The number of anilines is 1. The van der Waals surface area contributed by atoms with Crippen molar-refractivity contribution in [3.05, 3.63) is 41.0 Å². The summed E-state index contributed by atoms with van der Waals surface area (Å²) < 4.78 is 0. The Balaban J connectivity index is 0.000000279. The lowest BCUT2D eigenvalue weighted by atomic mass is 9.89. The number of carboxylic acids is 2. The highest BCUT2D eigenvalue weighted by Gasteiger charge is 2.24. The van der Waals surface area contributed by atoms with Gasteiger partial charge in [-0.25, -0.2) is 9.59 Å². The van der Waals surface area contributed by atoms with Crippen molar-refractivity contribution in [2.24, 2.45) is 0 Å². The SMILES string of the molecule is CC(=O)N1CCCc2cc3c(cc21)CCNCC3C.O=C(O)/C=C/C(=O)O. The molecule has 0 saturated carbocycles. The van der Waals surface area contributed by atoms with E-state index in [1.807, 2.05) is 4.90 Å². The van der Waals surface area contributed by atoms with Crippen LogP contribution in [0.2, 0.25) is 0 Å². The van der Waals surface area contributed by atoms with E-state index in [4.69, 9.17) is 10.2 Å². The summed E-state index contributed by atoms with van der Waals surface area (Å²) in [6, 6.07) is 4.63. The summed E-state index contributed by atoms with van der Waals surface area (Å²) in [6.45, 7) is 6.92. The van der Waals surface area contributed by atoms with Gasteiger partial charge in [-0.15, -0.1) is 0 Å². The number of aliphatic carboxylic acids is 2. The highest BCUT2D eigenvalue weighted by Crippen LogP contribution is 2.34. The molecule has 0 aliphatic carbocycles. The van der Waals surface area contributed by atoms with Gasteiger partial charge in [0.25, 0.3) is 0 Å². The Labute approximate surface area is 158 Å². The zero-order valence-electron chi connectivity index (χ0n) is 15.7. The molecule has 0 radical (unpaired) electrons. The number of hydrogen-bond donors (Lipinski definition) is 3. The summed E-state index contributed by atoms with van der Waals surface area (Å²) in [5.74, 6) is -1.78. The smallest absolute Gasteiger partial charge is 0.328 e. The van der Waals surface area contributed by atoms with Crippen LogP contribution >= 0.6 is 0 Å². The lowest BCUT2D eigenvalue weighted by molar-refractivity contribution is -0.134. The molecule has 1 atom stereocenters. The van der Waals surface area contributed by atoms with Gasteiger partial charge in [-0.3, -0.25) is 4.79 Å². The summed E-state index contributed by atoms with van der Waals surface area (Å²) in [7, 11) is 0. The van der Waals surface area contributed by atoms with E-state index in [0.29, 0.717) is 18.1 Å². The van der Waals surface area contributed by atoms with Gasteiger partial charge in [0.2, 0.25) is 5.91 Å². The predicted octanol–water partition coefficient (Wildman–Crippen LogP) is 1.95. The number of rotatable bonds is 2. The van der Waals surface area contributed by atoms with Crippen molar-refractivity contribution in [2.45, 2.75) is 39.0 Å². The molecular formula is C20H26N2O5. The van der Waals surface area contributed by atoms with Gasteiger partial charge in [0.1, 0.15) is 0 Å². The Kier molecular flexibility index (Phi) is 7.12. The fourth-order valence-corrected chi connectivity index (χ4v) is 3.49. The van der Waals surface area contributed by atoms with Crippen LogP contribution in [0.5, 0.6) is 0 Å². The van der Waals surface area contributed by atoms with Crippen LogP contribution in [0.3, 0.4) is 0 Å². The number of amides is 1. The number of benzene rings is 1. The van der Waals surface area contributed by atoms with Gasteiger partial charge >= 0.3 is 11.9 Å². The number of fused-ring (bicyclic) bond motifs is 2. The Hall–Kier alpha value is -2.67. The molecule has 27 heavy (non-hydrogen) atoms. The number of aryl methyl sites for hydroxylation is 1. The van der Waals surface area contributed by atoms with Crippen LogP contribution < -0.4 is 10.2 Å². The van der Waals surface area contributed by atoms with Crippen molar-refractivity contribution in [1.29, 1.82) is 0 Å². The van der Waals surface area contributed by atoms with E-state index in [-0.39, 0.29) is 5.91 Å². The van der Waals surface area contributed by atoms with E-state index in [2.05, 4.69) is 24.4 Å². The molecule has 0 bridgehead atoms. The molecule has 0 aromatic heterocycles. The molecule has 2 aliphatic heterocycles. The molecule has 0 fully saturated rings. The number of carbonyl (C=O) groups excluding carboxylic acids is 1. The van der Waals surface area contributed by atoms with Gasteiger partial charge < -0.3 is 20.4 Å². The van der Waals surface area contributed by atoms with Crippen molar-refractivity contribution in [2.75, 3.05) is 24.5 Å². The summed E-state index contributed by atoms with van der Waals surface area (Å²) in [4.78, 5) is 32.8. The molecule has 2 heterocycles. The highest BCUT2D eigenvalue weighted by atomic mass is 16.4. The molecule has 0 spiro atoms. The van der Waals surface area contributed by atoms with Crippen LogP contribution in [0.4, 0.5) is 5.69 Å². The van der Waals surface area contributed by atoms with Crippen LogP contribution in [0.25, 0.3) is 0 Å². The average Bonchev–Trinajstić information content (AvgIpc) is 2.79. The van der Waals surface area contributed by atoms with Crippen molar-refractivity contribution in [3.63, 3.8) is 0 Å². The van der Waals surface area contributed by atoms with Gasteiger partial charge in [-0.1, -0.05) is 13.0 Å². The average molecular weight is 374 g/mol. The minimum Gasteiger partial charge on any atom is -0.478 e. The van der Waals surface area contributed by atoms with Gasteiger partial charge in [0.15, 0.2) is 0 Å². The first-order chi connectivity index (χ1) is 12.8. The third-order valence-electron chi connectivity index (χ3n) is 4.76. The standard InChI is InChI=1S/C16H22N2O.C4H4O4/c1-11-10-17-6-5-13-9-16-14(8-15(11)13)4-3-7-18(16)12(2)19;5-3(6)1-2-4(7)8/h8-9,11,17H,3-7,10H2,1-2H3;1-2H,(H,5,6)(H,7,8)/b;2-1+. The van der Waals surface area contributed by atoms with Crippen LogP contribution in [0.15, 0.2) is 24.3 Å². The lowest BCUT2D eigenvalue weighted by Gasteiger charge is -2.30. The fraction of sp³-hybridized carbons (Fsp3) is 0.450. The quantitative estimate of drug-likeness (QED) is 0.683. The van der Waals surface area contributed by atoms with E-state index >= 15 is 0 Å². The van der Waals surface area contributed by atoms with Gasteiger partial charge in [0.05, 0.1) is 0 Å². The van der Waals surface area contributed by atoms with Crippen LogP contribution in [0, 0.1) is 0 Å². The summed E-state index contributed by atoms with van der Waals surface area (Å²) >= 11 is 0. The molecule has 146 valence electrons. The second kappa shape index (κ2) is 9.32. The first kappa shape index (κ1) is 20.6. The molecule has 1 aromatic rings. The maximum atomic E-state index is 11.8. The fourth-order valence-electron chi connectivity index (χ4n) is 3.49. The van der Waals surface area contributed by atoms with Crippen LogP contribution in [0.1, 0.15) is 42.9 Å². The van der Waals surface area contributed by atoms with E-state index < -0.39 is 11.9 Å². The Bertz CT molecular complexity index is 741. The predicted molar refractivity (Wildman–Crippen MR) is 102 cm³/mol. The second-order valence-corrected chi connectivity index (χ2v) is 6.82. The summed E-state index contributed by atoms with van der Waals surface area (Å²) in [6.07, 6.45) is 4.37. The van der Waals surface area contributed by atoms with Gasteiger partial charge in [-0.2, -0.15) is 0 Å². The normalized spacial score (nSPS) is 18.6. The molecule has 7 heteroatoms. The maximum absolute atomic E-state index is 11.8. The van der Waals surface area contributed by atoms with Gasteiger partial charge in [-0.05, 0) is 54.5 Å². The summed E-state index contributed by atoms with van der Waals surface area (Å²) in [5.41, 5.74) is 5.42. The minimum absolute atomic E-state index is 0.167. The number of carboxylic acid groups (broad SMARTS) is 2. The molecule has 7 nitrogen and oxygen atoms in total. The summed E-state index contributed by atoms with van der Waals surface area (Å²) in [5, 5.41) is 19.1. The number of nitrogens with one attached hydrogen (secondary N) is 1. The second-order valence-electron chi connectivity index (χ2n) is 6.82.